The van der Waals surface area contributed by atoms with E-state index in [1.165, 1.54) is 41.0 Å². The van der Waals surface area contributed by atoms with Crippen molar-refractivity contribution in [3.05, 3.63) is 29.8 Å². The Morgan fingerprint density at radius 1 is 0.532 bits per heavy atom. The number of nitrogens with zero attached hydrogens (tertiary/aromatic N) is 3. The number of likely N-dealkylation sites (tertiary alicyclic amines) is 3. The maximum absolute atomic E-state index is 14.8. The summed E-state index contributed by atoms with van der Waals surface area (Å²) in [5.74, 6) is -15.2. The number of amides is 13. The van der Waals surface area contributed by atoms with Crippen LogP contribution in [-0.4, -0.2) is 252 Å². The van der Waals surface area contributed by atoms with E-state index in [2.05, 4.69) is 73.1 Å². The molecular formula is C59H92N14O19S2. The topological polar surface area (TPSA) is 510 Å². The number of nitrogens with two attached hydrogens (primary N) is 2. The fraction of sp³-hybridized carbons (Fsp3) is 0.661. The number of carbonyl (C=O) groups is 14. The highest BCUT2D eigenvalue weighted by atomic mass is 32.1. The first-order valence-corrected chi connectivity index (χ1v) is 32.5. The summed E-state index contributed by atoms with van der Waals surface area (Å²) in [4.78, 5) is 194. The number of phenolic OH excluding ortho intramolecular Hbond substituents is 1. The van der Waals surface area contributed by atoms with Gasteiger partial charge in [0.15, 0.2) is 0 Å². The van der Waals surface area contributed by atoms with Crippen LogP contribution in [0.4, 0.5) is 0 Å². The Labute approximate surface area is 554 Å². The van der Waals surface area contributed by atoms with Gasteiger partial charge in [-0.2, -0.15) is 25.3 Å². The monoisotopic (exact) mass is 1360 g/mol. The lowest BCUT2D eigenvalue weighted by atomic mass is 9.96. The van der Waals surface area contributed by atoms with E-state index in [1.807, 2.05) is 0 Å². The largest absolute Gasteiger partial charge is 0.508 e. The molecule has 4 rings (SSSR count). The van der Waals surface area contributed by atoms with E-state index < -0.39 is 205 Å². The Balaban J connectivity index is 1.50. The van der Waals surface area contributed by atoms with Crippen LogP contribution in [0.2, 0.25) is 0 Å². The second kappa shape index (κ2) is 37.3. The average Bonchev–Trinajstić information content (AvgIpc) is 1.63. The van der Waals surface area contributed by atoms with E-state index in [4.69, 9.17) is 11.5 Å². The van der Waals surface area contributed by atoms with Crippen LogP contribution >= 0.6 is 25.3 Å². The molecule has 3 aliphatic heterocycles. The number of aliphatic carboxylic acids is 1. The predicted molar refractivity (Wildman–Crippen MR) is 341 cm³/mol. The fourth-order valence-electron chi connectivity index (χ4n) is 11.0. The molecule has 3 fully saturated rings. The number of benzene rings is 1. The smallest absolute Gasteiger partial charge is 0.326 e. The molecule has 16 atom stereocenters. The maximum Gasteiger partial charge on any atom is 0.326 e. The number of hydrogen-bond donors (Lipinski definition) is 18. The van der Waals surface area contributed by atoms with Gasteiger partial charge in [0.1, 0.15) is 78.3 Å². The van der Waals surface area contributed by atoms with Crippen molar-refractivity contribution in [2.75, 3.05) is 44.3 Å². The zero-order chi connectivity index (χ0) is 70.4. The molecule has 3 aliphatic rings. The molecule has 1 aromatic carbocycles. The Morgan fingerprint density at radius 2 is 0.957 bits per heavy atom. The number of carboxylic acids is 1. The lowest BCUT2D eigenvalue weighted by Crippen LogP contribution is -2.63. The molecule has 33 nitrogen and oxygen atoms in total. The molecule has 3 heterocycles. The minimum Gasteiger partial charge on any atom is -0.508 e. The molecule has 35 heteroatoms. The Morgan fingerprint density at radius 3 is 1.46 bits per heavy atom. The lowest BCUT2D eigenvalue weighted by molar-refractivity contribution is -0.149. The van der Waals surface area contributed by atoms with Crippen LogP contribution < -0.4 is 59.3 Å². The van der Waals surface area contributed by atoms with Gasteiger partial charge in [-0.1, -0.05) is 52.7 Å². The number of hydrogen-bond acceptors (Lipinski definition) is 21. The number of primary amides is 1. The second-order valence-electron chi connectivity index (χ2n) is 23.8. The molecule has 1 aromatic rings. The van der Waals surface area contributed by atoms with Gasteiger partial charge >= 0.3 is 5.97 Å². The maximum atomic E-state index is 14.8. The van der Waals surface area contributed by atoms with Crippen molar-refractivity contribution in [2.45, 2.75) is 190 Å². The van der Waals surface area contributed by atoms with Gasteiger partial charge in [-0.25, -0.2) is 4.79 Å². The van der Waals surface area contributed by atoms with Gasteiger partial charge < -0.3 is 99.6 Å². The summed E-state index contributed by atoms with van der Waals surface area (Å²) in [6.45, 7) is 7.72. The fourth-order valence-corrected chi connectivity index (χ4v) is 11.5. The molecule has 18 N–H and O–H groups in total. The SMILES string of the molecule is CC[C@H](C)[C@H](NC(=O)[C@@H]1CCCN1C(=O)[C@@H]1CCCN1C(=O)[C@@H](NC(=O)[C@H](CO)NC(=O)[C@H](Cc1ccc(O)cc1)NC(=O)[C@@H](NC(=O)[C@H](CS)NC(=O)[C@@H](NC(=O)CN)[C@@H](C)O)[C@@H](C)O)[C@@H](C)CC)C(=O)N[C@@H](CS)C(=O)N[C@@H](CC(N)=O)C(=O)N1CCC[C@H]1C(=O)O. The van der Waals surface area contributed by atoms with E-state index in [-0.39, 0.29) is 56.8 Å². The predicted octanol–water partition coefficient (Wildman–Crippen LogP) is -6.10. The van der Waals surface area contributed by atoms with Gasteiger partial charge in [0.2, 0.25) is 76.8 Å². The molecule has 0 unspecified atom stereocenters. The van der Waals surface area contributed by atoms with Crippen molar-refractivity contribution in [2.24, 2.45) is 23.3 Å². The number of carboxylic acid groups (broad SMARTS) is 1. The van der Waals surface area contributed by atoms with Crippen molar-refractivity contribution in [3.8, 4) is 5.75 Å². The molecular weight excluding hydrogens is 1270 g/mol. The van der Waals surface area contributed by atoms with Gasteiger partial charge in [0, 0.05) is 37.6 Å². The molecule has 13 amide bonds. The van der Waals surface area contributed by atoms with Crippen LogP contribution in [-0.2, 0) is 73.5 Å². The van der Waals surface area contributed by atoms with Crippen LogP contribution in [0, 0.1) is 11.8 Å². The van der Waals surface area contributed by atoms with Gasteiger partial charge in [-0.15, -0.1) is 0 Å². The first-order chi connectivity index (χ1) is 44.4. The summed E-state index contributed by atoms with van der Waals surface area (Å²) >= 11 is 8.34. The van der Waals surface area contributed by atoms with Crippen LogP contribution in [0.5, 0.6) is 5.75 Å². The van der Waals surface area contributed by atoms with Gasteiger partial charge in [-0.05, 0) is 81.9 Å². The molecule has 0 aromatic heterocycles. The molecule has 0 aliphatic carbocycles. The van der Waals surface area contributed by atoms with E-state index in [9.17, 15) is 92.7 Å². The second-order valence-corrected chi connectivity index (χ2v) is 24.5. The van der Waals surface area contributed by atoms with Crippen molar-refractivity contribution in [1.29, 1.82) is 0 Å². The van der Waals surface area contributed by atoms with Crippen LogP contribution in [0.3, 0.4) is 0 Å². The molecule has 0 radical (unpaired) electrons. The van der Waals surface area contributed by atoms with E-state index in [1.54, 1.807) is 27.7 Å². The number of aliphatic hydroxyl groups is 3. The minimum absolute atomic E-state index is 0.0480. The standard InChI is InChI=1S/C59H92N14O19S2/c1-7-28(3)44(53(85)65-37(26-93)50(82)63-35(23-42(61)78)56(88)73-21-11-14-41(73)59(91)92)68-52(84)39-12-9-19-71(39)57(89)40-13-10-20-72(40)58(90)45(29(4)8-2)69-49(81)36(25-74)64-48(80)34(22-32-15-17-33(77)18-16-32)62-55(87)47(31(6)76)70-51(83)38(27-94)66-54(86)46(30(5)75)67-43(79)24-60/h15-18,28-31,34-41,44-47,74-77,93-94H,7-14,19-27,60H2,1-6H3,(H2,61,78)(H,62,87)(H,63,82)(H,64,80)(H,65,85)(H,66,86)(H,67,79)(H,68,84)(H,69,81)(H,70,83)(H,91,92)/t28-,29-,30+,31+,34-,35-,36-,37-,38-,39-,40-,41-,44-,45-,46-,47-/m0/s1. The summed E-state index contributed by atoms with van der Waals surface area (Å²) < 4.78 is 0. The van der Waals surface area contributed by atoms with Crippen molar-refractivity contribution < 1.29 is 92.7 Å². The lowest BCUT2D eigenvalue weighted by Gasteiger charge is -2.35. The van der Waals surface area contributed by atoms with Gasteiger partial charge in [0.05, 0.1) is 31.8 Å². The highest BCUT2D eigenvalue weighted by molar-refractivity contribution is 7.80. The number of rotatable bonds is 35. The first kappa shape index (κ1) is 78.6. The van der Waals surface area contributed by atoms with Crippen molar-refractivity contribution in [3.63, 3.8) is 0 Å². The van der Waals surface area contributed by atoms with E-state index in [0.717, 1.165) is 11.8 Å². The molecule has 0 saturated carbocycles. The zero-order valence-corrected chi connectivity index (χ0v) is 55.2. The third-order valence-corrected chi connectivity index (χ3v) is 17.6. The highest BCUT2D eigenvalue weighted by Crippen LogP contribution is 2.28. The molecule has 0 spiro atoms. The summed E-state index contributed by atoms with van der Waals surface area (Å²) in [5.41, 5.74) is 11.1. The Kier molecular flexibility index (Phi) is 31.2. The van der Waals surface area contributed by atoms with Gasteiger partial charge in [0.25, 0.3) is 0 Å². The Hall–Kier alpha value is -7.86. The molecule has 3 saturated heterocycles. The van der Waals surface area contributed by atoms with E-state index in [0.29, 0.717) is 37.7 Å². The summed E-state index contributed by atoms with van der Waals surface area (Å²) in [5, 5.41) is 73.1. The summed E-state index contributed by atoms with van der Waals surface area (Å²) in [7, 11) is 0. The van der Waals surface area contributed by atoms with Crippen molar-refractivity contribution >= 4 is 108 Å². The van der Waals surface area contributed by atoms with Crippen molar-refractivity contribution in [1.82, 2.24) is 62.6 Å². The third-order valence-electron chi connectivity index (χ3n) is 16.9. The highest BCUT2D eigenvalue weighted by Gasteiger charge is 2.46. The number of carbonyl (C=O) groups excluding carboxylic acids is 13. The molecule has 94 heavy (non-hydrogen) atoms. The number of aliphatic hydroxyl groups excluding tert-OH is 3. The number of aromatic hydroxyl groups is 1. The number of thiol groups is 2. The van der Waals surface area contributed by atoms with Crippen LogP contribution in [0.25, 0.3) is 0 Å². The number of phenols is 1. The molecule has 524 valence electrons. The van der Waals surface area contributed by atoms with Gasteiger partial charge in [-0.3, -0.25) is 62.3 Å². The first-order valence-electron chi connectivity index (χ1n) is 31.2. The summed E-state index contributed by atoms with van der Waals surface area (Å²) in [6, 6.07) is -12.1. The quantitative estimate of drug-likeness (QED) is 0.0281. The summed E-state index contributed by atoms with van der Waals surface area (Å²) in [6.07, 6.45) is -2.02. The van der Waals surface area contributed by atoms with Crippen LogP contribution in [0.15, 0.2) is 24.3 Å². The zero-order valence-electron chi connectivity index (χ0n) is 53.4. The minimum atomic E-state index is -1.83. The average molecular weight is 1370 g/mol. The Bertz CT molecular complexity index is 2890. The molecule has 0 bridgehead atoms. The normalized spacial score (nSPS) is 20.3. The van der Waals surface area contributed by atoms with E-state index >= 15 is 0 Å². The van der Waals surface area contributed by atoms with Crippen LogP contribution in [0.1, 0.15) is 105 Å². The third kappa shape index (κ3) is 21.6. The number of nitrogens with one attached hydrogen (secondary N) is 9.